The lowest BCUT2D eigenvalue weighted by Crippen LogP contribution is -2.48. The molecule has 21 heavy (non-hydrogen) atoms. The van der Waals surface area contributed by atoms with Crippen LogP contribution in [0.1, 0.15) is 44.2 Å². The third-order valence-corrected chi connectivity index (χ3v) is 4.59. The molecular weight excluding hydrogens is 266 g/mol. The summed E-state index contributed by atoms with van der Waals surface area (Å²) in [5.41, 5.74) is 1.27. The van der Waals surface area contributed by atoms with Crippen molar-refractivity contribution in [2.24, 2.45) is 0 Å². The largest absolute Gasteiger partial charge is 0.493 e. The third-order valence-electron chi connectivity index (χ3n) is 4.59. The maximum atomic E-state index is 5.68. The normalized spacial score (nSPS) is 17.9. The molecule has 1 aliphatic carbocycles. The van der Waals surface area contributed by atoms with E-state index in [4.69, 9.17) is 14.2 Å². The zero-order chi connectivity index (χ0) is 15.3. The Kier molecular flexibility index (Phi) is 5.48. The van der Waals surface area contributed by atoms with Gasteiger partial charge in [-0.3, -0.25) is 0 Å². The standard InChI is InChI=1S/C17H27NO3/c1-5-14(18-12-17(21-4)9-6-10-17)13-7-8-15(19-2)16(11-13)20-3/h7-8,11,14,18H,5-6,9-10,12H2,1-4H3. The SMILES string of the molecule is CCC(NCC1(OC)CCC1)c1ccc(OC)c(OC)c1. The van der Waals surface area contributed by atoms with E-state index in [0.29, 0.717) is 6.04 Å². The van der Waals surface area contributed by atoms with Crippen molar-refractivity contribution in [1.82, 2.24) is 5.32 Å². The number of nitrogens with one attached hydrogen (secondary N) is 1. The van der Waals surface area contributed by atoms with E-state index in [0.717, 1.165) is 37.3 Å². The van der Waals surface area contributed by atoms with E-state index in [1.165, 1.54) is 12.0 Å². The summed E-state index contributed by atoms with van der Waals surface area (Å²) >= 11 is 0. The fourth-order valence-electron chi connectivity index (χ4n) is 2.90. The highest BCUT2D eigenvalue weighted by Crippen LogP contribution is 2.36. The summed E-state index contributed by atoms with van der Waals surface area (Å²) in [6.07, 6.45) is 4.59. The minimum Gasteiger partial charge on any atom is -0.493 e. The Morgan fingerprint density at radius 1 is 1.14 bits per heavy atom. The molecule has 1 unspecified atom stereocenters. The van der Waals surface area contributed by atoms with Crippen LogP contribution in [0.25, 0.3) is 0 Å². The van der Waals surface area contributed by atoms with Crippen molar-refractivity contribution in [2.45, 2.75) is 44.2 Å². The topological polar surface area (TPSA) is 39.7 Å². The number of hydrogen-bond acceptors (Lipinski definition) is 4. The molecule has 1 aromatic rings. The van der Waals surface area contributed by atoms with Crippen LogP contribution >= 0.6 is 0 Å². The van der Waals surface area contributed by atoms with Gasteiger partial charge in [0.25, 0.3) is 0 Å². The second-order valence-corrected chi connectivity index (χ2v) is 5.70. The van der Waals surface area contributed by atoms with Crippen molar-refractivity contribution in [1.29, 1.82) is 0 Å². The van der Waals surface area contributed by atoms with Gasteiger partial charge in [-0.25, -0.2) is 0 Å². The molecular formula is C17H27NO3. The van der Waals surface area contributed by atoms with E-state index < -0.39 is 0 Å². The van der Waals surface area contributed by atoms with Gasteiger partial charge in [0, 0.05) is 19.7 Å². The predicted octanol–water partition coefficient (Wildman–Crippen LogP) is 3.31. The van der Waals surface area contributed by atoms with Crippen LogP contribution in [0, 0.1) is 0 Å². The van der Waals surface area contributed by atoms with Crippen molar-refractivity contribution < 1.29 is 14.2 Å². The Labute approximate surface area is 127 Å². The molecule has 0 aliphatic heterocycles. The molecule has 4 heteroatoms. The van der Waals surface area contributed by atoms with E-state index >= 15 is 0 Å². The van der Waals surface area contributed by atoms with Gasteiger partial charge in [-0.1, -0.05) is 13.0 Å². The minimum absolute atomic E-state index is 0.0456. The Hall–Kier alpha value is -1.26. The summed E-state index contributed by atoms with van der Waals surface area (Å²) in [5, 5.41) is 3.65. The molecule has 118 valence electrons. The highest BCUT2D eigenvalue weighted by atomic mass is 16.5. The molecule has 0 amide bonds. The van der Waals surface area contributed by atoms with Gasteiger partial charge < -0.3 is 19.5 Å². The van der Waals surface area contributed by atoms with E-state index in [1.807, 2.05) is 13.2 Å². The second kappa shape index (κ2) is 7.14. The van der Waals surface area contributed by atoms with Crippen molar-refractivity contribution in [2.75, 3.05) is 27.9 Å². The van der Waals surface area contributed by atoms with Crippen LogP contribution in [0.2, 0.25) is 0 Å². The van der Waals surface area contributed by atoms with E-state index in [-0.39, 0.29) is 5.60 Å². The van der Waals surface area contributed by atoms with E-state index in [9.17, 15) is 0 Å². The highest BCUT2D eigenvalue weighted by molar-refractivity contribution is 5.43. The van der Waals surface area contributed by atoms with Gasteiger partial charge in [-0.2, -0.15) is 0 Å². The predicted molar refractivity (Wildman–Crippen MR) is 84.2 cm³/mol. The number of benzene rings is 1. The van der Waals surface area contributed by atoms with E-state index in [1.54, 1.807) is 14.2 Å². The first kappa shape index (κ1) is 16.1. The summed E-state index contributed by atoms with van der Waals surface area (Å²) in [5.74, 6) is 1.55. The molecule has 4 nitrogen and oxygen atoms in total. The summed E-state index contributed by atoms with van der Waals surface area (Å²) in [6.45, 7) is 3.09. The molecule has 1 N–H and O–H groups in total. The Bertz CT molecular complexity index is 452. The van der Waals surface area contributed by atoms with Crippen LogP contribution < -0.4 is 14.8 Å². The first-order valence-corrected chi connectivity index (χ1v) is 7.68. The van der Waals surface area contributed by atoms with Crippen LogP contribution in [0.5, 0.6) is 11.5 Å². The molecule has 0 aromatic heterocycles. The summed E-state index contributed by atoms with van der Waals surface area (Å²) in [4.78, 5) is 0. The lowest BCUT2D eigenvalue weighted by molar-refractivity contribution is -0.0709. The average molecular weight is 293 g/mol. The zero-order valence-corrected chi connectivity index (χ0v) is 13.6. The first-order chi connectivity index (χ1) is 10.2. The summed E-state index contributed by atoms with van der Waals surface area (Å²) < 4.78 is 16.4. The number of hydrogen-bond donors (Lipinski definition) is 1. The van der Waals surface area contributed by atoms with Crippen LogP contribution in [-0.2, 0) is 4.74 Å². The van der Waals surface area contributed by atoms with Crippen LogP contribution in [0.4, 0.5) is 0 Å². The molecule has 0 saturated heterocycles. The maximum Gasteiger partial charge on any atom is 0.161 e. The average Bonchev–Trinajstić information content (AvgIpc) is 2.49. The lowest BCUT2D eigenvalue weighted by atomic mass is 9.79. The molecule has 0 spiro atoms. The number of rotatable bonds is 8. The molecule has 1 aromatic carbocycles. The van der Waals surface area contributed by atoms with Crippen LogP contribution in [0.3, 0.4) is 0 Å². The first-order valence-electron chi connectivity index (χ1n) is 7.68. The molecule has 0 radical (unpaired) electrons. The molecule has 2 rings (SSSR count). The van der Waals surface area contributed by atoms with Crippen molar-refractivity contribution in [3.8, 4) is 11.5 Å². The van der Waals surface area contributed by atoms with Crippen molar-refractivity contribution >= 4 is 0 Å². The Morgan fingerprint density at radius 3 is 2.33 bits per heavy atom. The lowest BCUT2D eigenvalue weighted by Gasteiger charge is -2.41. The molecule has 1 atom stereocenters. The van der Waals surface area contributed by atoms with Gasteiger partial charge in [0.1, 0.15) is 0 Å². The van der Waals surface area contributed by atoms with Crippen LogP contribution in [0.15, 0.2) is 18.2 Å². The maximum absolute atomic E-state index is 5.68. The van der Waals surface area contributed by atoms with Gasteiger partial charge in [0.05, 0.1) is 19.8 Å². The Balaban J connectivity index is 2.06. The molecule has 0 heterocycles. The summed E-state index contributed by atoms with van der Waals surface area (Å²) in [6, 6.07) is 6.43. The zero-order valence-electron chi connectivity index (χ0n) is 13.6. The quantitative estimate of drug-likeness (QED) is 0.798. The number of ether oxygens (including phenoxy) is 3. The second-order valence-electron chi connectivity index (χ2n) is 5.70. The third kappa shape index (κ3) is 3.50. The summed E-state index contributed by atoms with van der Waals surface area (Å²) in [7, 11) is 5.15. The van der Waals surface area contributed by atoms with Gasteiger partial charge in [-0.15, -0.1) is 0 Å². The fourth-order valence-corrected chi connectivity index (χ4v) is 2.90. The minimum atomic E-state index is 0.0456. The molecule has 0 bridgehead atoms. The molecule has 1 saturated carbocycles. The number of methoxy groups -OCH3 is 3. The highest BCUT2D eigenvalue weighted by Gasteiger charge is 2.37. The van der Waals surface area contributed by atoms with Gasteiger partial charge in [-0.05, 0) is 43.4 Å². The van der Waals surface area contributed by atoms with Gasteiger partial charge in [0.15, 0.2) is 11.5 Å². The van der Waals surface area contributed by atoms with Crippen molar-refractivity contribution in [3.05, 3.63) is 23.8 Å². The smallest absolute Gasteiger partial charge is 0.161 e. The molecule has 1 fully saturated rings. The van der Waals surface area contributed by atoms with Crippen LogP contribution in [-0.4, -0.2) is 33.5 Å². The van der Waals surface area contributed by atoms with Gasteiger partial charge in [0.2, 0.25) is 0 Å². The molecule has 1 aliphatic rings. The monoisotopic (exact) mass is 293 g/mol. The Morgan fingerprint density at radius 2 is 1.86 bits per heavy atom. The van der Waals surface area contributed by atoms with E-state index in [2.05, 4.69) is 24.4 Å². The fraction of sp³-hybridized carbons (Fsp3) is 0.647. The van der Waals surface area contributed by atoms with Crippen molar-refractivity contribution in [3.63, 3.8) is 0 Å². The van der Waals surface area contributed by atoms with Gasteiger partial charge >= 0.3 is 0 Å².